The van der Waals surface area contributed by atoms with Gasteiger partial charge >= 0.3 is 0 Å². The van der Waals surface area contributed by atoms with Crippen LogP contribution in [0.1, 0.15) is 45.4 Å². The average Bonchev–Trinajstić information content (AvgIpc) is 2.28. The predicted octanol–water partition coefficient (Wildman–Crippen LogP) is 0.0936. The predicted molar refractivity (Wildman–Crippen MR) is 75.1 cm³/mol. The van der Waals surface area contributed by atoms with Crippen molar-refractivity contribution in [3.05, 3.63) is 0 Å². The molecule has 0 aromatic heterocycles. The van der Waals surface area contributed by atoms with E-state index in [0.29, 0.717) is 6.54 Å². The van der Waals surface area contributed by atoms with Gasteiger partial charge in [0.05, 0.1) is 5.75 Å². The molecule has 0 aromatic carbocycles. The summed E-state index contributed by atoms with van der Waals surface area (Å²) in [6, 6.07) is 0. The minimum absolute atomic E-state index is 0.0931. The highest BCUT2D eigenvalue weighted by Crippen LogP contribution is 2.28. The zero-order chi connectivity index (χ0) is 14.4. The van der Waals surface area contributed by atoms with Gasteiger partial charge < -0.3 is 11.1 Å². The van der Waals surface area contributed by atoms with Crippen LogP contribution in [0.15, 0.2) is 0 Å². The number of sulfonamides is 1. The third-order valence-corrected chi connectivity index (χ3v) is 4.89. The summed E-state index contributed by atoms with van der Waals surface area (Å²) in [4.78, 5) is 11.8. The number of hydrogen-bond donors (Lipinski definition) is 3. The first-order valence-electron chi connectivity index (χ1n) is 6.90. The Bertz CT molecular complexity index is 389. The van der Waals surface area contributed by atoms with Crippen molar-refractivity contribution < 1.29 is 13.2 Å². The van der Waals surface area contributed by atoms with Gasteiger partial charge in [0.25, 0.3) is 0 Å². The molecule has 0 saturated heterocycles. The standard InChI is InChI=1S/C12H25N3O3S/c1-2-15-19(17,18)9-8-14-11(16)10-12(13)6-4-3-5-7-12/h15H,2-10,13H2,1H3,(H,14,16). The summed E-state index contributed by atoms with van der Waals surface area (Å²) in [7, 11) is -3.27. The Labute approximate surface area is 115 Å². The molecule has 0 atom stereocenters. The molecular weight excluding hydrogens is 266 g/mol. The maximum absolute atomic E-state index is 11.8. The van der Waals surface area contributed by atoms with Gasteiger partial charge in [0.2, 0.25) is 15.9 Å². The zero-order valence-electron chi connectivity index (χ0n) is 11.6. The normalized spacial score (nSPS) is 19.1. The van der Waals surface area contributed by atoms with Gasteiger partial charge in [0, 0.05) is 25.0 Å². The second kappa shape index (κ2) is 7.21. The molecule has 1 fully saturated rings. The molecule has 0 aliphatic heterocycles. The van der Waals surface area contributed by atoms with E-state index in [1.54, 1.807) is 6.92 Å². The zero-order valence-corrected chi connectivity index (χ0v) is 12.4. The van der Waals surface area contributed by atoms with Gasteiger partial charge in [-0.3, -0.25) is 4.79 Å². The molecule has 19 heavy (non-hydrogen) atoms. The summed E-state index contributed by atoms with van der Waals surface area (Å²) in [6.07, 6.45) is 5.35. The summed E-state index contributed by atoms with van der Waals surface area (Å²) in [6.45, 7) is 2.21. The lowest BCUT2D eigenvalue weighted by Gasteiger charge is -2.32. The lowest BCUT2D eigenvalue weighted by atomic mass is 9.80. The number of nitrogens with two attached hydrogens (primary N) is 1. The second-order valence-corrected chi connectivity index (χ2v) is 7.19. The number of rotatable bonds is 7. The number of amides is 1. The molecule has 7 heteroatoms. The molecule has 6 nitrogen and oxygen atoms in total. The fraction of sp³-hybridized carbons (Fsp3) is 0.917. The van der Waals surface area contributed by atoms with Crippen LogP contribution in [0, 0.1) is 0 Å². The van der Waals surface area contributed by atoms with E-state index in [4.69, 9.17) is 5.73 Å². The Morgan fingerprint density at radius 2 is 1.89 bits per heavy atom. The summed E-state index contributed by atoms with van der Waals surface area (Å²) < 4.78 is 25.1. The van der Waals surface area contributed by atoms with Gasteiger partial charge in [-0.25, -0.2) is 13.1 Å². The summed E-state index contributed by atoms with van der Waals surface area (Å²) in [5.74, 6) is -0.249. The fourth-order valence-electron chi connectivity index (χ4n) is 2.43. The molecular formula is C12H25N3O3S. The maximum Gasteiger partial charge on any atom is 0.221 e. The van der Waals surface area contributed by atoms with Crippen LogP contribution in [-0.2, 0) is 14.8 Å². The molecule has 0 radical (unpaired) electrons. The Kier molecular flexibility index (Phi) is 6.22. The van der Waals surface area contributed by atoms with E-state index >= 15 is 0 Å². The first kappa shape index (κ1) is 16.4. The lowest BCUT2D eigenvalue weighted by Crippen LogP contribution is -2.46. The van der Waals surface area contributed by atoms with E-state index in [0.717, 1.165) is 25.7 Å². The second-order valence-electron chi connectivity index (χ2n) is 5.27. The first-order valence-corrected chi connectivity index (χ1v) is 8.55. The molecule has 0 aromatic rings. The van der Waals surface area contributed by atoms with E-state index in [-0.39, 0.29) is 24.6 Å². The largest absolute Gasteiger partial charge is 0.355 e. The molecule has 1 amide bonds. The van der Waals surface area contributed by atoms with E-state index in [1.807, 2.05) is 0 Å². The van der Waals surface area contributed by atoms with Gasteiger partial charge in [-0.15, -0.1) is 0 Å². The SMILES string of the molecule is CCNS(=O)(=O)CCNC(=O)CC1(N)CCCCC1. The fourth-order valence-corrected chi connectivity index (χ4v) is 3.39. The minimum Gasteiger partial charge on any atom is -0.355 e. The number of carbonyl (C=O) groups excluding carboxylic acids is 1. The molecule has 1 aliphatic carbocycles. The average molecular weight is 291 g/mol. The highest BCUT2D eigenvalue weighted by molar-refractivity contribution is 7.89. The monoisotopic (exact) mass is 291 g/mol. The van der Waals surface area contributed by atoms with E-state index in [1.165, 1.54) is 6.42 Å². The third kappa shape index (κ3) is 6.35. The molecule has 4 N–H and O–H groups in total. The number of nitrogens with one attached hydrogen (secondary N) is 2. The Balaban J connectivity index is 2.28. The van der Waals surface area contributed by atoms with Crippen molar-refractivity contribution >= 4 is 15.9 Å². The topological polar surface area (TPSA) is 101 Å². The Morgan fingerprint density at radius 3 is 2.47 bits per heavy atom. The van der Waals surface area contributed by atoms with Crippen molar-refractivity contribution in [2.45, 2.75) is 51.0 Å². The molecule has 0 bridgehead atoms. The van der Waals surface area contributed by atoms with Gasteiger partial charge in [-0.05, 0) is 12.8 Å². The van der Waals surface area contributed by atoms with Gasteiger partial charge in [-0.1, -0.05) is 26.2 Å². The third-order valence-electron chi connectivity index (χ3n) is 3.42. The molecule has 1 aliphatic rings. The van der Waals surface area contributed by atoms with Gasteiger partial charge in [0.15, 0.2) is 0 Å². The molecule has 1 rings (SSSR count). The summed E-state index contributed by atoms with van der Waals surface area (Å²) >= 11 is 0. The van der Waals surface area contributed by atoms with E-state index in [9.17, 15) is 13.2 Å². The lowest BCUT2D eigenvalue weighted by molar-refractivity contribution is -0.122. The highest BCUT2D eigenvalue weighted by atomic mass is 32.2. The molecule has 0 heterocycles. The molecule has 0 spiro atoms. The smallest absolute Gasteiger partial charge is 0.221 e. The first-order chi connectivity index (χ1) is 8.87. The van der Waals surface area contributed by atoms with Crippen LogP contribution in [0.5, 0.6) is 0 Å². The van der Waals surface area contributed by atoms with Crippen LogP contribution in [0.25, 0.3) is 0 Å². The van der Waals surface area contributed by atoms with Crippen LogP contribution in [-0.4, -0.2) is 38.7 Å². The van der Waals surface area contributed by atoms with Crippen molar-refractivity contribution in [3.63, 3.8) is 0 Å². The minimum atomic E-state index is -3.27. The molecule has 0 unspecified atom stereocenters. The van der Waals surface area contributed by atoms with Crippen molar-refractivity contribution in [2.24, 2.45) is 5.73 Å². The quantitative estimate of drug-likeness (QED) is 0.619. The van der Waals surface area contributed by atoms with Gasteiger partial charge in [-0.2, -0.15) is 0 Å². The van der Waals surface area contributed by atoms with Crippen LogP contribution < -0.4 is 15.8 Å². The summed E-state index contributed by atoms with van der Waals surface area (Å²) in [5, 5.41) is 2.63. The van der Waals surface area contributed by atoms with Crippen LogP contribution in [0.4, 0.5) is 0 Å². The van der Waals surface area contributed by atoms with Crippen LogP contribution in [0.2, 0.25) is 0 Å². The van der Waals surface area contributed by atoms with Crippen molar-refractivity contribution in [1.82, 2.24) is 10.0 Å². The number of carbonyl (C=O) groups is 1. The Hall–Kier alpha value is -0.660. The van der Waals surface area contributed by atoms with Crippen LogP contribution >= 0.6 is 0 Å². The van der Waals surface area contributed by atoms with E-state index < -0.39 is 15.6 Å². The molecule has 112 valence electrons. The molecule has 1 saturated carbocycles. The van der Waals surface area contributed by atoms with Crippen molar-refractivity contribution in [2.75, 3.05) is 18.8 Å². The van der Waals surface area contributed by atoms with Crippen molar-refractivity contribution in [1.29, 1.82) is 0 Å². The van der Waals surface area contributed by atoms with Crippen LogP contribution in [0.3, 0.4) is 0 Å². The number of hydrogen-bond acceptors (Lipinski definition) is 4. The van der Waals surface area contributed by atoms with E-state index in [2.05, 4.69) is 10.0 Å². The highest BCUT2D eigenvalue weighted by Gasteiger charge is 2.29. The van der Waals surface area contributed by atoms with Gasteiger partial charge in [0.1, 0.15) is 0 Å². The Morgan fingerprint density at radius 1 is 1.26 bits per heavy atom. The maximum atomic E-state index is 11.8. The van der Waals surface area contributed by atoms with Crippen molar-refractivity contribution in [3.8, 4) is 0 Å². The summed E-state index contributed by atoms with van der Waals surface area (Å²) in [5.41, 5.74) is 5.77.